The molecule has 4 rings (SSSR count). The summed E-state index contributed by atoms with van der Waals surface area (Å²) in [4.78, 5) is 26.3. The number of nitrogens with two attached hydrogens (primary N) is 1. The van der Waals surface area contributed by atoms with Crippen LogP contribution in [-0.4, -0.2) is 39.3 Å². The third-order valence-electron chi connectivity index (χ3n) is 7.60. The first-order valence-corrected chi connectivity index (χ1v) is 11.6. The number of carbonyl (C=O) groups is 2. The van der Waals surface area contributed by atoms with Gasteiger partial charge in [-0.2, -0.15) is 11.8 Å². The van der Waals surface area contributed by atoms with Crippen LogP contribution in [-0.2, 0) is 9.59 Å². The molecule has 0 aromatic carbocycles. The minimum absolute atomic E-state index is 0.0987. The number of ketones is 2. The van der Waals surface area contributed by atoms with Crippen molar-refractivity contribution in [2.24, 2.45) is 35.3 Å². The molecule has 4 fully saturated rings. The number of hydrogen-bond acceptors (Lipinski definition) is 5. The topological polar surface area (TPSA) is 80.4 Å². The van der Waals surface area contributed by atoms with Gasteiger partial charge >= 0.3 is 0 Å². The highest BCUT2D eigenvalue weighted by Crippen LogP contribution is 2.49. The molecule has 0 radical (unpaired) electrons. The first-order valence-electron chi connectivity index (χ1n) is 10.6. The molecule has 4 saturated carbocycles. The van der Waals surface area contributed by atoms with E-state index in [4.69, 9.17) is 5.73 Å². The van der Waals surface area contributed by atoms with Gasteiger partial charge in [0.1, 0.15) is 11.6 Å². The second kappa shape index (κ2) is 7.56. The average Bonchev–Trinajstić information content (AvgIpc) is 2.64. The van der Waals surface area contributed by atoms with E-state index in [1.165, 1.54) is 25.7 Å². The van der Waals surface area contributed by atoms with Crippen molar-refractivity contribution in [1.29, 1.82) is 0 Å². The molecular formula is C21H33NO3S. The zero-order chi connectivity index (χ0) is 18.4. The van der Waals surface area contributed by atoms with Gasteiger partial charge in [-0.15, -0.1) is 0 Å². The predicted molar refractivity (Wildman–Crippen MR) is 104 cm³/mol. The van der Waals surface area contributed by atoms with Crippen LogP contribution in [0.3, 0.4) is 0 Å². The number of fused-ring (bicyclic) bond motifs is 2. The van der Waals surface area contributed by atoms with Gasteiger partial charge in [0.15, 0.2) is 0 Å². The van der Waals surface area contributed by atoms with Crippen molar-refractivity contribution < 1.29 is 14.7 Å². The van der Waals surface area contributed by atoms with Crippen LogP contribution in [0.15, 0.2) is 0 Å². The van der Waals surface area contributed by atoms with E-state index in [-0.39, 0.29) is 34.7 Å². The van der Waals surface area contributed by atoms with Crippen LogP contribution < -0.4 is 5.73 Å². The summed E-state index contributed by atoms with van der Waals surface area (Å²) in [6.45, 7) is 2.31. The first-order chi connectivity index (χ1) is 12.5. The van der Waals surface area contributed by atoms with E-state index < -0.39 is 17.9 Å². The van der Waals surface area contributed by atoms with Crippen molar-refractivity contribution in [2.75, 3.05) is 0 Å². The molecule has 5 heteroatoms. The second-order valence-corrected chi connectivity index (χ2v) is 10.8. The predicted octanol–water partition coefficient (Wildman–Crippen LogP) is 2.95. The molecule has 3 N–H and O–H groups in total. The smallest absolute Gasteiger partial charge is 0.143 e. The van der Waals surface area contributed by atoms with E-state index >= 15 is 0 Å². The lowest BCUT2D eigenvalue weighted by Crippen LogP contribution is -2.63. The molecule has 0 heterocycles. The maximum atomic E-state index is 13.2. The fourth-order valence-electron chi connectivity index (χ4n) is 6.05. The zero-order valence-electron chi connectivity index (χ0n) is 15.8. The highest BCUT2D eigenvalue weighted by Gasteiger charge is 2.57. The Hall–Kier alpha value is -0.390. The molecule has 4 nitrogen and oxygen atoms in total. The minimum atomic E-state index is -0.695. The molecule has 0 bridgehead atoms. The number of thioether (sulfide) groups is 1. The summed E-state index contributed by atoms with van der Waals surface area (Å²) in [7, 11) is 0. The van der Waals surface area contributed by atoms with Crippen molar-refractivity contribution in [3.63, 3.8) is 0 Å². The first kappa shape index (κ1) is 18.9. The molecule has 0 aliphatic heterocycles. The molecule has 4 aliphatic rings. The van der Waals surface area contributed by atoms with E-state index in [1.807, 2.05) is 11.8 Å². The average molecular weight is 380 g/mol. The van der Waals surface area contributed by atoms with Crippen molar-refractivity contribution in [2.45, 2.75) is 87.4 Å². The Morgan fingerprint density at radius 1 is 0.923 bits per heavy atom. The van der Waals surface area contributed by atoms with Crippen LogP contribution in [0.5, 0.6) is 0 Å². The summed E-state index contributed by atoms with van der Waals surface area (Å²) in [5, 5.41) is 11.5. The van der Waals surface area contributed by atoms with Gasteiger partial charge in [-0.1, -0.05) is 19.8 Å². The van der Waals surface area contributed by atoms with Crippen LogP contribution in [0, 0.1) is 29.6 Å². The molecule has 0 spiro atoms. The lowest BCUT2D eigenvalue weighted by molar-refractivity contribution is -0.157. The molecule has 146 valence electrons. The summed E-state index contributed by atoms with van der Waals surface area (Å²) in [5.74, 6) is -0.141. The van der Waals surface area contributed by atoms with E-state index in [1.54, 1.807) is 0 Å². The van der Waals surface area contributed by atoms with Crippen molar-refractivity contribution in [3.8, 4) is 0 Å². The van der Waals surface area contributed by atoms with Crippen LogP contribution in [0.25, 0.3) is 0 Å². The SMILES string of the molecule is CC1CCC(SC2CC(O)C3C(=O)C4CCCCC4C(=O)C3C2N)CC1. The molecule has 7 unspecified atom stereocenters. The Morgan fingerprint density at radius 3 is 2.12 bits per heavy atom. The fourth-order valence-corrected chi connectivity index (χ4v) is 7.75. The van der Waals surface area contributed by atoms with Gasteiger partial charge in [-0.25, -0.2) is 0 Å². The molecule has 4 aliphatic carbocycles. The summed E-state index contributed by atoms with van der Waals surface area (Å²) in [6, 6.07) is -0.285. The number of aliphatic hydroxyl groups excluding tert-OH is 1. The Morgan fingerprint density at radius 2 is 1.50 bits per heavy atom. The molecule has 7 atom stereocenters. The molecule has 0 amide bonds. The summed E-state index contributed by atoms with van der Waals surface area (Å²) < 4.78 is 0. The quantitative estimate of drug-likeness (QED) is 0.771. The van der Waals surface area contributed by atoms with Crippen LogP contribution >= 0.6 is 11.8 Å². The third-order valence-corrected chi connectivity index (χ3v) is 9.32. The van der Waals surface area contributed by atoms with E-state index in [9.17, 15) is 14.7 Å². The Kier molecular flexibility index (Phi) is 5.51. The summed E-state index contributed by atoms with van der Waals surface area (Å²) in [5.41, 5.74) is 6.61. The Labute approximate surface area is 161 Å². The van der Waals surface area contributed by atoms with Crippen LogP contribution in [0.4, 0.5) is 0 Å². The van der Waals surface area contributed by atoms with Crippen LogP contribution in [0.1, 0.15) is 64.7 Å². The molecular weight excluding hydrogens is 346 g/mol. The van der Waals surface area contributed by atoms with Gasteiger partial charge in [0.2, 0.25) is 0 Å². The standard InChI is InChI=1S/C21H33NO3S/c1-11-6-8-12(9-7-11)26-16-10-15(23)17-18(19(16)22)21(25)14-5-3-2-4-13(14)20(17)24/h11-19,23H,2-10,22H2,1H3. The largest absolute Gasteiger partial charge is 0.392 e. The third kappa shape index (κ3) is 3.29. The van der Waals surface area contributed by atoms with Crippen molar-refractivity contribution in [1.82, 2.24) is 0 Å². The molecule has 0 saturated heterocycles. The molecule has 0 aromatic heterocycles. The van der Waals surface area contributed by atoms with Gasteiger partial charge in [-0.05, 0) is 50.9 Å². The summed E-state index contributed by atoms with van der Waals surface area (Å²) >= 11 is 1.90. The number of hydrogen-bond donors (Lipinski definition) is 2. The summed E-state index contributed by atoms with van der Waals surface area (Å²) in [6.07, 6.45) is 8.51. The second-order valence-electron chi connectivity index (χ2n) is 9.29. The van der Waals surface area contributed by atoms with E-state index in [0.29, 0.717) is 11.7 Å². The zero-order valence-corrected chi connectivity index (χ0v) is 16.6. The number of aliphatic hydroxyl groups is 1. The molecule has 0 aromatic rings. The van der Waals surface area contributed by atoms with Gasteiger partial charge in [0.25, 0.3) is 0 Å². The van der Waals surface area contributed by atoms with Crippen molar-refractivity contribution in [3.05, 3.63) is 0 Å². The number of rotatable bonds is 2. The Balaban J connectivity index is 1.51. The monoisotopic (exact) mass is 379 g/mol. The highest BCUT2D eigenvalue weighted by atomic mass is 32.2. The number of carbonyl (C=O) groups excluding carboxylic acids is 2. The fraction of sp³-hybridized carbons (Fsp3) is 0.905. The van der Waals surface area contributed by atoms with E-state index in [0.717, 1.165) is 31.6 Å². The normalized spacial score (nSPS) is 49.4. The maximum absolute atomic E-state index is 13.2. The van der Waals surface area contributed by atoms with E-state index in [2.05, 4.69) is 6.92 Å². The highest BCUT2D eigenvalue weighted by molar-refractivity contribution is 8.00. The maximum Gasteiger partial charge on any atom is 0.143 e. The lowest BCUT2D eigenvalue weighted by atomic mass is 9.56. The minimum Gasteiger partial charge on any atom is -0.392 e. The van der Waals surface area contributed by atoms with Gasteiger partial charge in [0, 0.05) is 34.3 Å². The van der Waals surface area contributed by atoms with Gasteiger partial charge < -0.3 is 10.8 Å². The van der Waals surface area contributed by atoms with Gasteiger partial charge in [0.05, 0.1) is 12.0 Å². The molecule has 26 heavy (non-hydrogen) atoms. The lowest BCUT2D eigenvalue weighted by Gasteiger charge is -2.50. The van der Waals surface area contributed by atoms with Gasteiger partial charge in [-0.3, -0.25) is 9.59 Å². The van der Waals surface area contributed by atoms with Crippen molar-refractivity contribution >= 4 is 23.3 Å². The van der Waals surface area contributed by atoms with Crippen LogP contribution in [0.2, 0.25) is 0 Å². The Bertz CT molecular complexity index is 559. The number of Topliss-reactive ketones (excluding diaryl/α,β-unsaturated/α-hetero) is 2.